The van der Waals surface area contributed by atoms with E-state index in [-0.39, 0.29) is 0 Å². The first kappa shape index (κ1) is 13.1. The predicted molar refractivity (Wildman–Crippen MR) is 75.9 cm³/mol. The highest BCUT2D eigenvalue weighted by Crippen LogP contribution is 2.27. The second-order valence-corrected chi connectivity index (χ2v) is 4.94. The molecule has 0 aliphatic rings. The second-order valence-electron chi connectivity index (χ2n) is 4.58. The zero-order valence-corrected chi connectivity index (χ0v) is 12.0. The summed E-state index contributed by atoms with van der Waals surface area (Å²) in [5, 5.41) is 3.68. The van der Waals surface area contributed by atoms with Crippen LogP contribution in [0.2, 0.25) is 5.15 Å². The molecule has 2 aromatic rings. The first-order valence-electron chi connectivity index (χ1n) is 5.98. The van der Waals surface area contributed by atoms with Crippen molar-refractivity contribution in [1.82, 2.24) is 14.9 Å². The van der Waals surface area contributed by atoms with Gasteiger partial charge in [-0.1, -0.05) is 35.4 Å². The summed E-state index contributed by atoms with van der Waals surface area (Å²) in [5.41, 5.74) is 4.62. The summed E-state index contributed by atoms with van der Waals surface area (Å²) in [6.07, 6.45) is 0. The molecule has 0 aliphatic heterocycles. The minimum atomic E-state index is 0.571. The van der Waals surface area contributed by atoms with E-state index >= 15 is 0 Å². The van der Waals surface area contributed by atoms with Crippen molar-refractivity contribution in [2.45, 2.75) is 20.4 Å². The molecular formula is C14H18ClN3. The summed E-state index contributed by atoms with van der Waals surface area (Å²) in [6.45, 7) is 4.91. The van der Waals surface area contributed by atoms with E-state index in [0.29, 0.717) is 11.7 Å². The van der Waals surface area contributed by atoms with Gasteiger partial charge in [-0.25, -0.2) is 4.98 Å². The van der Waals surface area contributed by atoms with Crippen LogP contribution in [0.3, 0.4) is 0 Å². The molecule has 2 rings (SSSR count). The number of halogens is 1. The predicted octanol–water partition coefficient (Wildman–Crippen LogP) is 3.08. The van der Waals surface area contributed by atoms with Crippen LogP contribution in [0.4, 0.5) is 0 Å². The van der Waals surface area contributed by atoms with E-state index in [0.717, 1.165) is 17.1 Å². The number of aromatic nitrogens is 2. The molecule has 0 unspecified atom stereocenters. The maximum absolute atomic E-state index is 6.19. The van der Waals surface area contributed by atoms with Gasteiger partial charge in [0.05, 0.1) is 5.69 Å². The van der Waals surface area contributed by atoms with Gasteiger partial charge in [0.1, 0.15) is 5.82 Å². The van der Waals surface area contributed by atoms with Crippen molar-refractivity contribution in [3.8, 4) is 11.4 Å². The summed E-state index contributed by atoms with van der Waals surface area (Å²) >= 11 is 6.19. The Morgan fingerprint density at radius 1 is 1.33 bits per heavy atom. The maximum atomic E-state index is 6.19. The minimum absolute atomic E-state index is 0.571. The summed E-state index contributed by atoms with van der Waals surface area (Å²) in [6, 6.07) is 6.37. The number of hydrogen-bond donors (Lipinski definition) is 1. The Bertz CT molecular complexity index is 573. The Kier molecular flexibility index (Phi) is 3.73. The van der Waals surface area contributed by atoms with Gasteiger partial charge in [0, 0.05) is 19.2 Å². The molecule has 0 bridgehead atoms. The van der Waals surface area contributed by atoms with Gasteiger partial charge < -0.3 is 9.88 Å². The van der Waals surface area contributed by atoms with Gasteiger partial charge in [-0.15, -0.1) is 0 Å². The first-order valence-corrected chi connectivity index (χ1v) is 6.35. The zero-order valence-electron chi connectivity index (χ0n) is 11.2. The zero-order chi connectivity index (χ0) is 13.3. The number of nitrogens with one attached hydrogen (secondary N) is 1. The van der Waals surface area contributed by atoms with Gasteiger partial charge in [-0.3, -0.25) is 0 Å². The first-order chi connectivity index (χ1) is 8.54. The van der Waals surface area contributed by atoms with Crippen molar-refractivity contribution in [1.29, 1.82) is 0 Å². The summed E-state index contributed by atoms with van der Waals surface area (Å²) in [5.74, 6) is 0.919. The van der Waals surface area contributed by atoms with Crippen LogP contribution in [0.25, 0.3) is 11.4 Å². The molecule has 0 saturated carbocycles. The standard InChI is InChI=1S/C14H18ClN3/c1-9-5-6-11(10(2)7-9)14-17-13(15)12(8-16-3)18(14)4/h5-7,16H,8H2,1-4H3. The Morgan fingerprint density at radius 2 is 2.06 bits per heavy atom. The molecule has 0 fully saturated rings. The highest BCUT2D eigenvalue weighted by molar-refractivity contribution is 6.30. The smallest absolute Gasteiger partial charge is 0.152 e. The van der Waals surface area contributed by atoms with Crippen molar-refractivity contribution >= 4 is 11.6 Å². The van der Waals surface area contributed by atoms with Gasteiger partial charge in [-0.2, -0.15) is 0 Å². The summed E-state index contributed by atoms with van der Waals surface area (Å²) < 4.78 is 2.05. The number of rotatable bonds is 3. The number of imidazole rings is 1. The van der Waals surface area contributed by atoms with Gasteiger partial charge in [-0.05, 0) is 26.5 Å². The fourth-order valence-corrected chi connectivity index (χ4v) is 2.44. The molecule has 1 aromatic carbocycles. The molecule has 18 heavy (non-hydrogen) atoms. The van der Waals surface area contributed by atoms with Crippen LogP contribution < -0.4 is 5.32 Å². The molecular weight excluding hydrogens is 246 g/mol. The van der Waals surface area contributed by atoms with E-state index in [1.54, 1.807) is 0 Å². The SMILES string of the molecule is CNCc1c(Cl)nc(-c2ccc(C)cc2C)n1C. The molecule has 96 valence electrons. The van der Waals surface area contributed by atoms with Crippen molar-refractivity contribution < 1.29 is 0 Å². The Balaban J connectivity index is 2.54. The average Bonchev–Trinajstić information content (AvgIpc) is 2.58. The molecule has 0 saturated heterocycles. The normalized spacial score (nSPS) is 10.9. The third kappa shape index (κ3) is 2.28. The maximum Gasteiger partial charge on any atom is 0.152 e. The summed E-state index contributed by atoms with van der Waals surface area (Å²) in [7, 11) is 3.90. The molecule has 1 heterocycles. The Morgan fingerprint density at radius 3 is 2.67 bits per heavy atom. The van der Waals surface area contributed by atoms with E-state index in [1.807, 2.05) is 14.1 Å². The van der Waals surface area contributed by atoms with Crippen LogP contribution in [0.1, 0.15) is 16.8 Å². The lowest BCUT2D eigenvalue weighted by Gasteiger charge is -2.08. The van der Waals surface area contributed by atoms with Crippen LogP contribution in [-0.4, -0.2) is 16.6 Å². The fraction of sp³-hybridized carbons (Fsp3) is 0.357. The number of aryl methyl sites for hydroxylation is 2. The molecule has 4 heteroatoms. The molecule has 0 amide bonds. The minimum Gasteiger partial charge on any atom is -0.329 e. The van der Waals surface area contributed by atoms with Crippen molar-refractivity contribution in [2.24, 2.45) is 7.05 Å². The topological polar surface area (TPSA) is 29.9 Å². The van der Waals surface area contributed by atoms with Gasteiger partial charge in [0.25, 0.3) is 0 Å². The van der Waals surface area contributed by atoms with Gasteiger partial charge in [0.15, 0.2) is 5.15 Å². The molecule has 0 aliphatic carbocycles. The Hall–Kier alpha value is -1.32. The lowest BCUT2D eigenvalue weighted by Crippen LogP contribution is -2.10. The lowest BCUT2D eigenvalue weighted by molar-refractivity contribution is 0.737. The monoisotopic (exact) mass is 263 g/mol. The van der Waals surface area contributed by atoms with E-state index in [4.69, 9.17) is 11.6 Å². The number of nitrogens with zero attached hydrogens (tertiary/aromatic N) is 2. The van der Waals surface area contributed by atoms with E-state index in [2.05, 4.69) is 46.9 Å². The molecule has 1 aromatic heterocycles. The second kappa shape index (κ2) is 5.12. The molecule has 1 N–H and O–H groups in total. The van der Waals surface area contributed by atoms with Crippen molar-refractivity contribution in [3.05, 3.63) is 40.2 Å². The van der Waals surface area contributed by atoms with E-state index in [1.165, 1.54) is 11.1 Å². The van der Waals surface area contributed by atoms with Crippen molar-refractivity contribution in [3.63, 3.8) is 0 Å². The van der Waals surface area contributed by atoms with Crippen LogP contribution in [-0.2, 0) is 13.6 Å². The Labute approximate surface area is 113 Å². The number of benzene rings is 1. The third-order valence-corrected chi connectivity index (χ3v) is 3.43. The third-order valence-electron chi connectivity index (χ3n) is 3.13. The van der Waals surface area contributed by atoms with Gasteiger partial charge >= 0.3 is 0 Å². The largest absolute Gasteiger partial charge is 0.329 e. The highest BCUT2D eigenvalue weighted by atomic mass is 35.5. The van der Waals surface area contributed by atoms with Crippen LogP contribution in [0.5, 0.6) is 0 Å². The molecule has 0 atom stereocenters. The van der Waals surface area contributed by atoms with Crippen LogP contribution in [0.15, 0.2) is 18.2 Å². The van der Waals surface area contributed by atoms with Crippen LogP contribution in [0, 0.1) is 13.8 Å². The molecule has 0 radical (unpaired) electrons. The van der Waals surface area contributed by atoms with E-state index < -0.39 is 0 Å². The van der Waals surface area contributed by atoms with E-state index in [9.17, 15) is 0 Å². The van der Waals surface area contributed by atoms with Crippen molar-refractivity contribution in [2.75, 3.05) is 7.05 Å². The molecule has 0 spiro atoms. The lowest BCUT2D eigenvalue weighted by atomic mass is 10.1. The quantitative estimate of drug-likeness (QED) is 0.922. The van der Waals surface area contributed by atoms with Crippen LogP contribution >= 0.6 is 11.6 Å². The van der Waals surface area contributed by atoms with Gasteiger partial charge in [0.2, 0.25) is 0 Å². The highest BCUT2D eigenvalue weighted by Gasteiger charge is 2.15. The average molecular weight is 264 g/mol. The fourth-order valence-electron chi connectivity index (χ4n) is 2.16. The number of hydrogen-bond acceptors (Lipinski definition) is 2. The summed E-state index contributed by atoms with van der Waals surface area (Å²) in [4.78, 5) is 4.48. The molecule has 3 nitrogen and oxygen atoms in total.